The minimum Gasteiger partial charge on any atom is -0.350 e. The lowest BCUT2D eigenvalue weighted by Crippen LogP contribution is -2.16. The van der Waals surface area contributed by atoms with Crippen molar-refractivity contribution >= 4 is 29.1 Å². The molecule has 26 heavy (non-hydrogen) atoms. The Bertz CT molecular complexity index is 948. The van der Waals surface area contributed by atoms with E-state index in [0.29, 0.717) is 16.3 Å². The van der Waals surface area contributed by atoms with Gasteiger partial charge in [0.25, 0.3) is 5.91 Å². The van der Waals surface area contributed by atoms with E-state index in [1.54, 1.807) is 30.3 Å². The number of hydrogen-bond acceptors (Lipinski definition) is 4. The van der Waals surface area contributed by atoms with Crippen LogP contribution in [0.15, 0.2) is 54.7 Å². The molecule has 0 aliphatic rings. The van der Waals surface area contributed by atoms with Crippen molar-refractivity contribution in [1.29, 1.82) is 0 Å². The monoisotopic (exact) mass is 370 g/mol. The van der Waals surface area contributed by atoms with Gasteiger partial charge in [0.1, 0.15) is 11.5 Å². The van der Waals surface area contributed by atoms with Gasteiger partial charge >= 0.3 is 0 Å². The van der Waals surface area contributed by atoms with Gasteiger partial charge < -0.3 is 10.6 Å². The van der Waals surface area contributed by atoms with Crippen molar-refractivity contribution in [1.82, 2.24) is 9.97 Å². The molecule has 0 unspecified atom stereocenters. The largest absolute Gasteiger partial charge is 0.350 e. The Morgan fingerprint density at radius 2 is 2.00 bits per heavy atom. The highest BCUT2D eigenvalue weighted by molar-refractivity contribution is 6.31. The van der Waals surface area contributed by atoms with Crippen LogP contribution in [0, 0.1) is 12.7 Å². The number of rotatable bonds is 5. The zero-order valence-corrected chi connectivity index (χ0v) is 14.7. The highest BCUT2D eigenvalue weighted by Gasteiger charge is 2.11. The fraction of sp³-hybridized carbons (Fsp3) is 0.105. The number of aryl methyl sites for hydroxylation is 1. The lowest BCUT2D eigenvalue weighted by atomic mass is 10.2. The van der Waals surface area contributed by atoms with E-state index in [4.69, 9.17) is 11.6 Å². The van der Waals surface area contributed by atoms with Crippen LogP contribution in [0.4, 0.5) is 16.0 Å². The fourth-order valence-electron chi connectivity index (χ4n) is 2.30. The maximum Gasteiger partial charge on any atom is 0.274 e. The van der Waals surface area contributed by atoms with Crippen molar-refractivity contribution in [2.24, 2.45) is 0 Å². The van der Waals surface area contributed by atoms with Gasteiger partial charge in [-0.25, -0.2) is 14.4 Å². The molecule has 0 aliphatic carbocycles. The van der Waals surface area contributed by atoms with Crippen LogP contribution >= 0.6 is 11.6 Å². The molecule has 0 atom stereocenters. The second-order valence-electron chi connectivity index (χ2n) is 5.62. The summed E-state index contributed by atoms with van der Waals surface area (Å²) in [4.78, 5) is 20.7. The average molecular weight is 371 g/mol. The van der Waals surface area contributed by atoms with E-state index in [9.17, 15) is 9.18 Å². The first kappa shape index (κ1) is 17.8. The van der Waals surface area contributed by atoms with Crippen LogP contribution in [0.25, 0.3) is 0 Å². The Morgan fingerprint density at radius 1 is 1.19 bits per heavy atom. The fourth-order valence-corrected chi connectivity index (χ4v) is 2.47. The van der Waals surface area contributed by atoms with Crippen LogP contribution in [0.5, 0.6) is 0 Å². The predicted octanol–water partition coefficient (Wildman–Crippen LogP) is 4.44. The Hall–Kier alpha value is -2.99. The topological polar surface area (TPSA) is 66.9 Å². The quantitative estimate of drug-likeness (QED) is 0.696. The summed E-state index contributed by atoms with van der Waals surface area (Å²) in [6.45, 7) is 2.08. The van der Waals surface area contributed by atoms with Gasteiger partial charge in [-0.2, -0.15) is 0 Å². The van der Waals surface area contributed by atoms with Gasteiger partial charge in [0.05, 0.1) is 0 Å². The SMILES string of the molecule is Cc1ccc(Cl)cc1NC(=O)c1ccnc(NCc2ccccc2F)n1. The number of halogens is 2. The summed E-state index contributed by atoms with van der Waals surface area (Å²) in [7, 11) is 0. The van der Waals surface area contributed by atoms with Gasteiger partial charge in [-0.1, -0.05) is 35.9 Å². The molecule has 2 N–H and O–H groups in total. The van der Waals surface area contributed by atoms with Crippen LogP contribution in [0.2, 0.25) is 5.02 Å². The molecule has 132 valence electrons. The molecule has 1 heterocycles. The molecular formula is C19H16ClFN4O. The van der Waals surface area contributed by atoms with Gasteiger partial charge in [-0.05, 0) is 36.8 Å². The van der Waals surface area contributed by atoms with Crippen molar-refractivity contribution in [2.75, 3.05) is 10.6 Å². The maximum absolute atomic E-state index is 13.7. The Morgan fingerprint density at radius 3 is 2.81 bits per heavy atom. The minimum atomic E-state index is -0.383. The van der Waals surface area contributed by atoms with Gasteiger partial charge in [-0.3, -0.25) is 4.79 Å². The van der Waals surface area contributed by atoms with E-state index in [1.165, 1.54) is 18.3 Å². The van der Waals surface area contributed by atoms with Crippen molar-refractivity contribution in [3.63, 3.8) is 0 Å². The molecule has 3 aromatic rings. The normalized spacial score (nSPS) is 10.4. The molecule has 3 rings (SSSR count). The molecule has 0 radical (unpaired) electrons. The van der Waals surface area contributed by atoms with Crippen LogP contribution in [-0.4, -0.2) is 15.9 Å². The standard InChI is InChI=1S/C19H16ClFN4O/c1-12-6-7-14(20)10-17(12)24-18(26)16-8-9-22-19(25-16)23-11-13-4-2-3-5-15(13)21/h2-10H,11H2,1H3,(H,24,26)(H,22,23,25). The molecule has 2 aromatic carbocycles. The second kappa shape index (κ2) is 7.93. The van der Waals surface area contributed by atoms with E-state index >= 15 is 0 Å². The van der Waals surface area contributed by atoms with Crippen molar-refractivity contribution in [3.8, 4) is 0 Å². The first-order chi connectivity index (χ1) is 12.5. The van der Waals surface area contributed by atoms with Crippen molar-refractivity contribution in [2.45, 2.75) is 13.5 Å². The van der Waals surface area contributed by atoms with Crippen molar-refractivity contribution < 1.29 is 9.18 Å². The van der Waals surface area contributed by atoms with Gasteiger partial charge in [-0.15, -0.1) is 0 Å². The minimum absolute atomic E-state index is 0.190. The van der Waals surface area contributed by atoms with Gasteiger partial charge in [0.2, 0.25) is 5.95 Å². The Balaban J connectivity index is 1.71. The number of hydrogen-bond donors (Lipinski definition) is 2. The predicted molar refractivity (Wildman–Crippen MR) is 99.9 cm³/mol. The summed E-state index contributed by atoms with van der Waals surface area (Å²) >= 11 is 5.97. The van der Waals surface area contributed by atoms with E-state index in [-0.39, 0.29) is 29.9 Å². The van der Waals surface area contributed by atoms with Crippen LogP contribution < -0.4 is 10.6 Å². The number of carbonyl (C=O) groups excluding carboxylic acids is 1. The molecule has 1 aromatic heterocycles. The summed E-state index contributed by atoms with van der Waals surface area (Å²) in [6, 6.07) is 13.2. The molecule has 0 bridgehead atoms. The third kappa shape index (κ3) is 4.34. The number of nitrogens with one attached hydrogen (secondary N) is 2. The van der Waals surface area contributed by atoms with E-state index in [1.807, 2.05) is 13.0 Å². The molecule has 0 fully saturated rings. The number of amides is 1. The van der Waals surface area contributed by atoms with E-state index in [0.717, 1.165) is 5.56 Å². The smallest absolute Gasteiger partial charge is 0.274 e. The lowest BCUT2D eigenvalue weighted by molar-refractivity contribution is 0.102. The van der Waals surface area contributed by atoms with E-state index in [2.05, 4.69) is 20.6 Å². The van der Waals surface area contributed by atoms with E-state index < -0.39 is 0 Å². The third-order valence-corrected chi connectivity index (χ3v) is 3.97. The zero-order valence-electron chi connectivity index (χ0n) is 14.0. The highest BCUT2D eigenvalue weighted by Crippen LogP contribution is 2.20. The molecule has 0 saturated heterocycles. The number of benzene rings is 2. The first-order valence-electron chi connectivity index (χ1n) is 7.91. The summed E-state index contributed by atoms with van der Waals surface area (Å²) in [5.74, 6) is -0.458. The zero-order chi connectivity index (χ0) is 18.5. The lowest BCUT2D eigenvalue weighted by Gasteiger charge is -2.10. The molecular weight excluding hydrogens is 355 g/mol. The maximum atomic E-state index is 13.7. The van der Waals surface area contributed by atoms with Gasteiger partial charge in [0.15, 0.2) is 0 Å². The molecule has 7 heteroatoms. The molecule has 1 amide bonds. The summed E-state index contributed by atoms with van der Waals surface area (Å²) in [6.07, 6.45) is 1.47. The van der Waals surface area contributed by atoms with Crippen LogP contribution in [0.3, 0.4) is 0 Å². The first-order valence-corrected chi connectivity index (χ1v) is 8.28. The van der Waals surface area contributed by atoms with Gasteiger partial charge in [0, 0.05) is 29.0 Å². The number of nitrogens with zero attached hydrogens (tertiary/aromatic N) is 2. The highest BCUT2D eigenvalue weighted by atomic mass is 35.5. The summed E-state index contributed by atoms with van der Waals surface area (Å²) in [5.41, 5.74) is 2.17. The summed E-state index contributed by atoms with van der Waals surface area (Å²) in [5, 5.41) is 6.22. The second-order valence-corrected chi connectivity index (χ2v) is 6.06. The van der Waals surface area contributed by atoms with Crippen LogP contribution in [-0.2, 0) is 6.54 Å². The van der Waals surface area contributed by atoms with Crippen molar-refractivity contribution in [3.05, 3.63) is 82.4 Å². The van der Waals surface area contributed by atoms with Crippen LogP contribution in [0.1, 0.15) is 21.6 Å². The third-order valence-electron chi connectivity index (χ3n) is 3.73. The number of aromatic nitrogens is 2. The molecule has 0 saturated carbocycles. The summed E-state index contributed by atoms with van der Waals surface area (Å²) < 4.78 is 13.7. The molecule has 0 aliphatic heterocycles. The number of carbonyl (C=O) groups is 1. The Kier molecular flexibility index (Phi) is 5.43. The Labute approximate surface area is 155 Å². The molecule has 0 spiro atoms. The number of anilines is 2. The molecule has 5 nitrogen and oxygen atoms in total. The average Bonchev–Trinajstić information content (AvgIpc) is 2.64.